The van der Waals surface area contributed by atoms with Crippen LogP contribution >= 0.6 is 0 Å². The van der Waals surface area contributed by atoms with Gasteiger partial charge in [-0.25, -0.2) is 4.79 Å². The Morgan fingerprint density at radius 3 is 2.60 bits per heavy atom. The van der Waals surface area contributed by atoms with E-state index in [1.807, 2.05) is 30.3 Å². The highest BCUT2D eigenvalue weighted by molar-refractivity contribution is 5.84. The normalized spacial score (nSPS) is 11.8. The van der Waals surface area contributed by atoms with Gasteiger partial charge in [0.25, 0.3) is 0 Å². The van der Waals surface area contributed by atoms with Crippen LogP contribution in [0.5, 0.6) is 0 Å². The van der Waals surface area contributed by atoms with Crippen LogP contribution in [-0.4, -0.2) is 10.7 Å². The van der Waals surface area contributed by atoms with Gasteiger partial charge < -0.3 is 9.30 Å². The molecule has 2 aromatic carbocycles. The number of carbonyl (C=O) groups excluding carboxylic acids is 1. The highest BCUT2D eigenvalue weighted by atomic mass is 16.5. The summed E-state index contributed by atoms with van der Waals surface area (Å²) in [6, 6.07) is 17.8. The van der Waals surface area contributed by atoms with Gasteiger partial charge in [0.2, 0.25) is 0 Å². The fourth-order valence-corrected chi connectivity index (χ4v) is 3.57. The quantitative estimate of drug-likeness (QED) is 0.588. The monoisotopic (exact) mass is 332 g/mol. The van der Waals surface area contributed by atoms with Crippen molar-refractivity contribution < 1.29 is 9.53 Å². The van der Waals surface area contributed by atoms with Crippen molar-refractivity contribution in [3.05, 3.63) is 82.7 Å². The molecule has 25 heavy (non-hydrogen) atoms. The number of benzene rings is 2. The molecule has 126 valence electrons. The van der Waals surface area contributed by atoms with E-state index in [1.165, 1.54) is 22.5 Å². The van der Waals surface area contributed by atoms with E-state index in [0.717, 1.165) is 23.4 Å². The summed E-state index contributed by atoms with van der Waals surface area (Å²) in [6.45, 7) is 4.48. The van der Waals surface area contributed by atoms with E-state index in [-0.39, 0.29) is 6.61 Å². The number of hydrogen-bond acceptors (Lipinski definition) is 2. The molecule has 4 rings (SSSR count). The lowest BCUT2D eigenvalue weighted by Gasteiger charge is -2.09. The van der Waals surface area contributed by atoms with Crippen molar-refractivity contribution in [2.24, 2.45) is 0 Å². The van der Waals surface area contributed by atoms with Gasteiger partial charge in [0.15, 0.2) is 0 Å². The lowest BCUT2D eigenvalue weighted by atomic mass is 10.1. The zero-order chi connectivity index (χ0) is 17.4. The Balaban J connectivity index is 1.53. The second kappa shape index (κ2) is 6.13. The second-order valence-corrected chi connectivity index (χ2v) is 6.34. The van der Waals surface area contributed by atoms with Crippen molar-refractivity contribution in [1.82, 2.24) is 4.57 Å². The van der Waals surface area contributed by atoms with Gasteiger partial charge in [-0.15, -0.1) is 0 Å². The first-order valence-corrected chi connectivity index (χ1v) is 8.42. The number of ether oxygens (including phenoxy) is 1. The molecule has 0 unspecified atom stereocenters. The number of rotatable bonds is 3. The smallest absolute Gasteiger partial charge is 0.411 e. The molecule has 0 radical (unpaired) electrons. The van der Waals surface area contributed by atoms with E-state index in [2.05, 4.69) is 48.0 Å². The minimum Gasteiger partial charge on any atom is -0.444 e. The lowest BCUT2D eigenvalue weighted by molar-refractivity contribution is 0.154. The van der Waals surface area contributed by atoms with Gasteiger partial charge in [-0.05, 0) is 43.2 Å². The van der Waals surface area contributed by atoms with E-state index in [0.29, 0.717) is 0 Å². The van der Waals surface area contributed by atoms with Crippen molar-refractivity contribution in [3.8, 4) is 5.69 Å². The van der Waals surface area contributed by atoms with Crippen LogP contribution in [0.3, 0.4) is 0 Å². The van der Waals surface area contributed by atoms with E-state index in [4.69, 9.17) is 4.74 Å². The van der Waals surface area contributed by atoms with Gasteiger partial charge in [0.05, 0.1) is 0 Å². The van der Waals surface area contributed by atoms with Gasteiger partial charge in [-0.2, -0.15) is 0 Å². The van der Waals surface area contributed by atoms with Crippen molar-refractivity contribution in [1.29, 1.82) is 0 Å². The Bertz CT molecular complexity index is 942. The summed E-state index contributed by atoms with van der Waals surface area (Å²) in [5.41, 5.74) is 8.05. The summed E-state index contributed by atoms with van der Waals surface area (Å²) >= 11 is 0. The molecule has 0 fully saturated rings. The lowest BCUT2D eigenvalue weighted by Crippen LogP contribution is -2.14. The van der Waals surface area contributed by atoms with Crippen LogP contribution in [0.1, 0.15) is 28.1 Å². The summed E-state index contributed by atoms with van der Waals surface area (Å²) < 4.78 is 7.75. The molecule has 0 saturated heterocycles. The van der Waals surface area contributed by atoms with Gasteiger partial charge in [0, 0.05) is 34.7 Å². The fourth-order valence-electron chi connectivity index (χ4n) is 3.57. The van der Waals surface area contributed by atoms with Crippen LogP contribution < -0.4 is 5.32 Å². The number of nitrogens with zero attached hydrogens (tertiary/aromatic N) is 1. The average Bonchev–Trinajstić information content (AvgIpc) is 3.11. The van der Waals surface area contributed by atoms with Crippen molar-refractivity contribution in [2.75, 3.05) is 5.32 Å². The second-order valence-electron chi connectivity index (χ2n) is 6.34. The molecule has 0 bridgehead atoms. The zero-order valence-corrected chi connectivity index (χ0v) is 14.4. The Labute approximate surface area is 147 Å². The summed E-state index contributed by atoms with van der Waals surface area (Å²) in [5.74, 6) is 0. The Morgan fingerprint density at radius 2 is 1.80 bits per heavy atom. The van der Waals surface area contributed by atoms with Crippen molar-refractivity contribution in [3.63, 3.8) is 0 Å². The summed E-state index contributed by atoms with van der Waals surface area (Å²) in [7, 11) is 0. The van der Waals surface area contributed by atoms with Crippen molar-refractivity contribution in [2.45, 2.75) is 26.9 Å². The highest BCUT2D eigenvalue weighted by Gasteiger charge is 2.25. The number of para-hydroxylation sites is 2. The summed E-state index contributed by atoms with van der Waals surface area (Å²) in [6.07, 6.45) is 0.496. The van der Waals surface area contributed by atoms with E-state index >= 15 is 0 Å². The van der Waals surface area contributed by atoms with Crippen LogP contribution in [0.4, 0.5) is 10.5 Å². The van der Waals surface area contributed by atoms with Crippen LogP contribution in [0, 0.1) is 13.8 Å². The average molecular weight is 332 g/mol. The van der Waals surface area contributed by atoms with Gasteiger partial charge in [-0.3, -0.25) is 5.32 Å². The molecule has 0 spiro atoms. The minimum absolute atomic E-state index is 0.276. The Morgan fingerprint density at radius 1 is 1.08 bits per heavy atom. The molecular weight excluding hydrogens is 312 g/mol. The molecule has 2 heterocycles. The standard InChI is InChI=1S/C21H20N2O2/c1-14-18(13-25-21(24)22-17-9-4-3-5-10-17)15(2)23-19-11-7-6-8-16(19)12-20(14)23/h3-11H,12-13H2,1-2H3,(H,22,24). The topological polar surface area (TPSA) is 43.3 Å². The van der Waals surface area contributed by atoms with Crippen LogP contribution in [-0.2, 0) is 17.8 Å². The van der Waals surface area contributed by atoms with Crippen LogP contribution in [0.2, 0.25) is 0 Å². The maximum Gasteiger partial charge on any atom is 0.411 e. The predicted octanol–water partition coefficient (Wildman–Crippen LogP) is 4.75. The third-order valence-corrected chi connectivity index (χ3v) is 4.89. The first kappa shape index (κ1) is 15.5. The molecule has 1 amide bonds. The first-order chi connectivity index (χ1) is 12.1. The fraction of sp³-hybridized carbons (Fsp3) is 0.190. The molecule has 0 atom stereocenters. The van der Waals surface area contributed by atoms with Gasteiger partial charge in [-0.1, -0.05) is 36.4 Å². The van der Waals surface area contributed by atoms with Crippen LogP contribution in [0.25, 0.3) is 5.69 Å². The number of carbonyl (C=O) groups is 1. The molecule has 4 heteroatoms. The van der Waals surface area contributed by atoms with Crippen LogP contribution in [0.15, 0.2) is 54.6 Å². The van der Waals surface area contributed by atoms with Crippen molar-refractivity contribution >= 4 is 11.8 Å². The number of fused-ring (bicyclic) bond motifs is 3. The van der Waals surface area contributed by atoms with E-state index in [9.17, 15) is 4.79 Å². The molecule has 0 saturated carbocycles. The number of aromatic nitrogens is 1. The summed E-state index contributed by atoms with van der Waals surface area (Å²) in [5, 5.41) is 2.75. The number of amides is 1. The molecule has 1 aliphatic rings. The molecule has 3 aromatic rings. The SMILES string of the molecule is Cc1c(COC(=O)Nc2ccccc2)c(C)n2c1Cc1ccccc1-2. The first-order valence-electron chi connectivity index (χ1n) is 8.42. The highest BCUT2D eigenvalue weighted by Crippen LogP contribution is 2.35. The van der Waals surface area contributed by atoms with Gasteiger partial charge in [0.1, 0.15) is 6.61 Å². The molecular formula is C21H20N2O2. The molecule has 1 aliphatic heterocycles. The number of hydrogen-bond donors (Lipinski definition) is 1. The number of nitrogens with one attached hydrogen (secondary N) is 1. The zero-order valence-electron chi connectivity index (χ0n) is 14.4. The largest absolute Gasteiger partial charge is 0.444 e. The number of anilines is 1. The maximum absolute atomic E-state index is 12.0. The molecule has 1 aromatic heterocycles. The molecule has 4 nitrogen and oxygen atoms in total. The van der Waals surface area contributed by atoms with E-state index in [1.54, 1.807) is 0 Å². The Hall–Kier alpha value is -3.01. The predicted molar refractivity (Wildman–Crippen MR) is 98.3 cm³/mol. The molecule has 1 N–H and O–H groups in total. The minimum atomic E-state index is -0.434. The third-order valence-electron chi connectivity index (χ3n) is 4.89. The third kappa shape index (κ3) is 2.70. The Kier molecular flexibility index (Phi) is 3.80. The summed E-state index contributed by atoms with van der Waals surface area (Å²) in [4.78, 5) is 12.0. The van der Waals surface area contributed by atoms with E-state index < -0.39 is 6.09 Å². The molecule has 0 aliphatic carbocycles. The van der Waals surface area contributed by atoms with Gasteiger partial charge >= 0.3 is 6.09 Å². The maximum atomic E-state index is 12.0.